The number of quaternary nitrogens is 1. The maximum atomic E-state index is 11.1. The second-order valence-corrected chi connectivity index (χ2v) is 4.44. The summed E-state index contributed by atoms with van der Waals surface area (Å²) in [6, 6.07) is 0. The van der Waals surface area contributed by atoms with Crippen LogP contribution in [0.25, 0.3) is 0 Å². The number of esters is 1. The molecule has 5 nitrogen and oxygen atoms in total. The lowest BCUT2D eigenvalue weighted by atomic mass is 10.3. The molecule has 16 heavy (non-hydrogen) atoms. The highest BCUT2D eigenvalue weighted by atomic mass is 16.5. The van der Waals surface area contributed by atoms with Crippen molar-refractivity contribution in [2.24, 2.45) is 0 Å². The Morgan fingerprint density at radius 2 is 1.88 bits per heavy atom. The van der Waals surface area contributed by atoms with Gasteiger partial charge in [0, 0.05) is 5.57 Å². The number of likely N-dealkylation sites (N-methyl/N-ethyl adjacent to an activating group) is 1. The van der Waals surface area contributed by atoms with Crippen molar-refractivity contribution in [3.63, 3.8) is 0 Å². The highest BCUT2D eigenvalue weighted by Gasteiger charge is 2.17. The van der Waals surface area contributed by atoms with Crippen LogP contribution in [0.15, 0.2) is 12.2 Å². The largest absolute Gasteiger partial charge is 0.481 e. The molecule has 0 saturated heterocycles. The Bertz CT molecular complexity index is 284. The minimum atomic E-state index is -0.815. The van der Waals surface area contributed by atoms with Gasteiger partial charge in [0.1, 0.15) is 13.2 Å². The van der Waals surface area contributed by atoms with Crippen molar-refractivity contribution < 1.29 is 23.9 Å². The van der Waals surface area contributed by atoms with E-state index in [1.165, 1.54) is 0 Å². The van der Waals surface area contributed by atoms with Crippen LogP contribution < -0.4 is 0 Å². The Labute approximate surface area is 95.9 Å². The smallest absolute Gasteiger partial charge is 0.333 e. The molecule has 92 valence electrons. The van der Waals surface area contributed by atoms with Crippen LogP contribution in [-0.4, -0.2) is 55.3 Å². The van der Waals surface area contributed by atoms with Gasteiger partial charge in [0.25, 0.3) is 0 Å². The SMILES string of the molecule is C=C(C)C(=O)OCC[N+](C)(C)CCC(=O)O. The molecule has 0 fully saturated rings. The summed E-state index contributed by atoms with van der Waals surface area (Å²) in [6.07, 6.45) is 0.113. The number of hydrogen-bond donors (Lipinski definition) is 1. The number of nitrogens with zero attached hydrogens (tertiary/aromatic N) is 1. The van der Waals surface area contributed by atoms with Gasteiger partial charge in [-0.15, -0.1) is 0 Å². The second-order valence-electron chi connectivity index (χ2n) is 4.44. The molecule has 0 atom stereocenters. The minimum absolute atomic E-state index is 0.113. The number of carboxylic acids is 1. The van der Waals surface area contributed by atoms with Crippen LogP contribution in [0.5, 0.6) is 0 Å². The first-order valence-electron chi connectivity index (χ1n) is 5.11. The van der Waals surface area contributed by atoms with Gasteiger partial charge in [0.2, 0.25) is 0 Å². The number of carboxylic acid groups (broad SMARTS) is 1. The predicted molar refractivity (Wildman–Crippen MR) is 59.9 cm³/mol. The quantitative estimate of drug-likeness (QED) is 0.396. The van der Waals surface area contributed by atoms with Crippen molar-refractivity contribution in [2.45, 2.75) is 13.3 Å². The maximum Gasteiger partial charge on any atom is 0.333 e. The summed E-state index contributed by atoms with van der Waals surface area (Å²) >= 11 is 0. The van der Waals surface area contributed by atoms with E-state index in [2.05, 4.69) is 6.58 Å². The van der Waals surface area contributed by atoms with Crippen LogP contribution >= 0.6 is 0 Å². The molecule has 1 N–H and O–H groups in total. The number of hydrogen-bond acceptors (Lipinski definition) is 3. The van der Waals surface area contributed by atoms with E-state index in [0.29, 0.717) is 23.1 Å². The van der Waals surface area contributed by atoms with E-state index in [1.54, 1.807) is 6.92 Å². The van der Waals surface area contributed by atoms with Crippen LogP contribution in [0.2, 0.25) is 0 Å². The molecule has 0 aromatic carbocycles. The summed E-state index contributed by atoms with van der Waals surface area (Å²) in [4.78, 5) is 21.5. The summed E-state index contributed by atoms with van der Waals surface area (Å²) in [5, 5.41) is 8.56. The van der Waals surface area contributed by atoms with Crippen molar-refractivity contribution in [3.8, 4) is 0 Å². The molecule has 0 aromatic rings. The van der Waals surface area contributed by atoms with Crippen molar-refractivity contribution in [2.75, 3.05) is 33.8 Å². The van der Waals surface area contributed by atoms with Crippen molar-refractivity contribution in [1.29, 1.82) is 0 Å². The molecule has 0 amide bonds. The highest BCUT2D eigenvalue weighted by molar-refractivity contribution is 5.86. The fraction of sp³-hybridized carbons (Fsp3) is 0.636. The predicted octanol–water partition coefficient (Wildman–Crippen LogP) is 0.657. The molecule has 0 aromatic heterocycles. The molecule has 0 spiro atoms. The van der Waals surface area contributed by atoms with E-state index < -0.39 is 11.9 Å². The van der Waals surface area contributed by atoms with Gasteiger partial charge in [0.05, 0.1) is 27.1 Å². The van der Waals surface area contributed by atoms with Crippen molar-refractivity contribution in [1.82, 2.24) is 0 Å². The van der Waals surface area contributed by atoms with Crippen molar-refractivity contribution in [3.05, 3.63) is 12.2 Å². The molecule has 5 heteroatoms. The first-order valence-corrected chi connectivity index (χ1v) is 5.11. The number of carbonyl (C=O) groups is 2. The monoisotopic (exact) mass is 230 g/mol. The van der Waals surface area contributed by atoms with E-state index >= 15 is 0 Å². The zero-order valence-electron chi connectivity index (χ0n) is 10.2. The zero-order chi connectivity index (χ0) is 12.8. The summed E-state index contributed by atoms with van der Waals surface area (Å²) in [6.45, 7) is 6.44. The highest BCUT2D eigenvalue weighted by Crippen LogP contribution is 2.00. The zero-order valence-corrected chi connectivity index (χ0v) is 10.2. The van der Waals surface area contributed by atoms with Gasteiger partial charge in [-0.05, 0) is 6.92 Å². The molecule has 0 radical (unpaired) electrons. The van der Waals surface area contributed by atoms with Crippen LogP contribution in [0.1, 0.15) is 13.3 Å². The Kier molecular flexibility index (Phi) is 5.74. The first kappa shape index (κ1) is 14.6. The summed E-state index contributed by atoms with van der Waals surface area (Å²) in [7, 11) is 3.80. The molecule has 0 heterocycles. The van der Waals surface area contributed by atoms with E-state index in [4.69, 9.17) is 9.84 Å². The molecule has 0 unspecified atom stereocenters. The Hall–Kier alpha value is -1.36. The first-order chi connectivity index (χ1) is 7.24. The van der Waals surface area contributed by atoms with E-state index in [1.807, 2.05) is 14.1 Å². The third kappa shape index (κ3) is 7.00. The standard InChI is InChI=1S/C11H19NO4/c1-9(2)11(15)16-8-7-12(3,4)6-5-10(13)14/h1,5-8H2,2-4H3/p+1. The van der Waals surface area contributed by atoms with Crippen LogP contribution in [0, 0.1) is 0 Å². The average molecular weight is 230 g/mol. The maximum absolute atomic E-state index is 11.1. The molecule has 0 aliphatic rings. The molecule has 0 aliphatic heterocycles. The average Bonchev–Trinajstić information content (AvgIpc) is 2.14. The number of carbonyl (C=O) groups excluding carboxylic acids is 1. The van der Waals surface area contributed by atoms with Gasteiger partial charge in [-0.1, -0.05) is 6.58 Å². The molecule has 0 aliphatic carbocycles. The van der Waals surface area contributed by atoms with Gasteiger partial charge in [-0.3, -0.25) is 4.79 Å². The molecule has 0 rings (SSSR count). The number of aliphatic carboxylic acids is 1. The van der Waals surface area contributed by atoms with Crippen LogP contribution in [0.4, 0.5) is 0 Å². The Balaban J connectivity index is 3.86. The fourth-order valence-corrected chi connectivity index (χ4v) is 1.02. The van der Waals surface area contributed by atoms with Gasteiger partial charge >= 0.3 is 11.9 Å². The Morgan fingerprint density at radius 3 is 2.31 bits per heavy atom. The van der Waals surface area contributed by atoms with Gasteiger partial charge < -0.3 is 14.3 Å². The lowest BCUT2D eigenvalue weighted by Crippen LogP contribution is -2.44. The lowest BCUT2D eigenvalue weighted by molar-refractivity contribution is -0.889. The van der Waals surface area contributed by atoms with Gasteiger partial charge in [-0.25, -0.2) is 4.79 Å². The summed E-state index contributed by atoms with van der Waals surface area (Å²) in [5.41, 5.74) is 0.371. The van der Waals surface area contributed by atoms with Crippen molar-refractivity contribution >= 4 is 11.9 Å². The molecular weight excluding hydrogens is 210 g/mol. The molecular formula is C11H20NO4+. The number of rotatable bonds is 7. The minimum Gasteiger partial charge on any atom is -0.481 e. The normalized spacial score (nSPS) is 10.9. The third-order valence-electron chi connectivity index (χ3n) is 2.21. The lowest BCUT2D eigenvalue weighted by Gasteiger charge is -2.28. The second kappa shape index (κ2) is 6.27. The summed E-state index contributed by atoms with van der Waals surface area (Å²) < 4.78 is 5.45. The van der Waals surface area contributed by atoms with E-state index in [0.717, 1.165) is 0 Å². The van der Waals surface area contributed by atoms with Crippen LogP contribution in [0.3, 0.4) is 0 Å². The van der Waals surface area contributed by atoms with E-state index in [9.17, 15) is 9.59 Å². The molecule has 0 saturated carbocycles. The van der Waals surface area contributed by atoms with Gasteiger partial charge in [0.15, 0.2) is 0 Å². The van der Waals surface area contributed by atoms with E-state index in [-0.39, 0.29) is 13.0 Å². The summed E-state index contributed by atoms with van der Waals surface area (Å²) in [5.74, 6) is -1.22. The topological polar surface area (TPSA) is 63.6 Å². The Morgan fingerprint density at radius 1 is 1.31 bits per heavy atom. The third-order valence-corrected chi connectivity index (χ3v) is 2.21. The van der Waals surface area contributed by atoms with Gasteiger partial charge in [-0.2, -0.15) is 0 Å². The number of ether oxygens (including phenoxy) is 1. The fourth-order valence-electron chi connectivity index (χ4n) is 1.02. The van der Waals surface area contributed by atoms with Crippen LogP contribution in [-0.2, 0) is 14.3 Å². The molecule has 0 bridgehead atoms.